The Labute approximate surface area is 195 Å². The molecule has 4 aromatic rings. The fourth-order valence-corrected chi connectivity index (χ4v) is 5.05. The molecule has 1 unspecified atom stereocenters. The molecule has 1 aromatic carbocycles. The van der Waals surface area contributed by atoms with Crippen LogP contribution in [0, 0.1) is 5.82 Å². The van der Waals surface area contributed by atoms with Crippen molar-refractivity contribution in [3.8, 4) is 5.75 Å². The number of ether oxygens (including phenoxy) is 1. The number of piperidine rings is 1. The number of fused-ring (bicyclic) bond motifs is 3. The van der Waals surface area contributed by atoms with Gasteiger partial charge in [0.25, 0.3) is 0 Å². The molecule has 34 heavy (non-hydrogen) atoms. The zero-order valence-corrected chi connectivity index (χ0v) is 19.0. The number of rotatable bonds is 5. The van der Waals surface area contributed by atoms with E-state index in [-0.39, 0.29) is 17.6 Å². The highest BCUT2D eigenvalue weighted by Gasteiger charge is 2.35. The summed E-state index contributed by atoms with van der Waals surface area (Å²) in [7, 11) is 1.41. The highest BCUT2D eigenvalue weighted by atomic mass is 19.1. The van der Waals surface area contributed by atoms with Crippen LogP contribution < -0.4 is 15.4 Å². The molecule has 1 saturated heterocycles. The van der Waals surface area contributed by atoms with Crippen molar-refractivity contribution in [2.75, 3.05) is 30.8 Å². The third-order valence-electron chi connectivity index (χ3n) is 7.10. The van der Waals surface area contributed by atoms with Gasteiger partial charge in [-0.2, -0.15) is 9.61 Å². The van der Waals surface area contributed by atoms with Crippen LogP contribution in [0.1, 0.15) is 43.8 Å². The van der Waals surface area contributed by atoms with Gasteiger partial charge in [-0.25, -0.2) is 14.4 Å². The van der Waals surface area contributed by atoms with E-state index in [1.165, 1.54) is 23.8 Å². The Kier molecular flexibility index (Phi) is 4.83. The lowest BCUT2D eigenvalue weighted by atomic mass is 9.80. The molecule has 0 radical (unpaired) electrons. The van der Waals surface area contributed by atoms with E-state index in [4.69, 9.17) is 15.5 Å². The predicted molar refractivity (Wildman–Crippen MR) is 124 cm³/mol. The number of anilines is 2. The van der Waals surface area contributed by atoms with Crippen molar-refractivity contribution in [3.05, 3.63) is 36.2 Å². The molecule has 178 valence electrons. The lowest BCUT2D eigenvalue weighted by Crippen LogP contribution is -2.41. The summed E-state index contributed by atoms with van der Waals surface area (Å²) in [5.74, 6) is 0.568. The maximum Gasteiger partial charge on any atom is 0.223 e. The molecule has 2 aliphatic rings. The number of nitrogen functional groups attached to an aromatic ring is 1. The minimum atomic E-state index is -0.617. The largest absolute Gasteiger partial charge is 0.494 e. The van der Waals surface area contributed by atoms with Crippen LogP contribution in [0.4, 0.5) is 16.0 Å². The molecule has 10 nitrogen and oxygen atoms in total. The average Bonchev–Trinajstić information content (AvgIpc) is 3.46. The van der Waals surface area contributed by atoms with Gasteiger partial charge >= 0.3 is 0 Å². The van der Waals surface area contributed by atoms with Crippen LogP contribution in [-0.4, -0.2) is 60.3 Å². The van der Waals surface area contributed by atoms with Gasteiger partial charge in [0.2, 0.25) is 5.95 Å². The van der Waals surface area contributed by atoms with Gasteiger partial charge < -0.3 is 20.5 Å². The number of hydrogen-bond donors (Lipinski definition) is 2. The zero-order chi connectivity index (χ0) is 23.4. The molecule has 1 saturated carbocycles. The van der Waals surface area contributed by atoms with E-state index in [9.17, 15) is 9.50 Å². The lowest BCUT2D eigenvalue weighted by Gasteiger charge is -2.36. The van der Waals surface area contributed by atoms with Crippen molar-refractivity contribution < 1.29 is 14.2 Å². The summed E-state index contributed by atoms with van der Waals surface area (Å²) in [5, 5.41) is 20.1. The molecule has 6 rings (SSSR count). The minimum Gasteiger partial charge on any atom is -0.494 e. The van der Waals surface area contributed by atoms with E-state index in [0.29, 0.717) is 28.9 Å². The van der Waals surface area contributed by atoms with Crippen LogP contribution >= 0.6 is 0 Å². The first-order valence-electron chi connectivity index (χ1n) is 11.6. The molecular formula is C23H27FN8O2. The number of aromatic nitrogens is 6. The first-order valence-corrected chi connectivity index (χ1v) is 11.6. The van der Waals surface area contributed by atoms with Gasteiger partial charge in [-0.15, -0.1) is 5.10 Å². The molecular weight excluding hydrogens is 439 g/mol. The van der Waals surface area contributed by atoms with Crippen molar-refractivity contribution in [1.82, 2.24) is 29.4 Å². The topological polar surface area (TPSA) is 120 Å². The van der Waals surface area contributed by atoms with Crippen LogP contribution in [0.2, 0.25) is 0 Å². The van der Waals surface area contributed by atoms with E-state index < -0.39 is 11.4 Å². The van der Waals surface area contributed by atoms with Gasteiger partial charge in [0.05, 0.1) is 36.7 Å². The van der Waals surface area contributed by atoms with Crippen molar-refractivity contribution in [1.29, 1.82) is 0 Å². The van der Waals surface area contributed by atoms with Gasteiger partial charge in [-0.1, -0.05) is 0 Å². The second-order valence-electron chi connectivity index (χ2n) is 9.44. The van der Waals surface area contributed by atoms with Crippen LogP contribution in [0.5, 0.6) is 5.75 Å². The third-order valence-corrected chi connectivity index (χ3v) is 7.10. The van der Waals surface area contributed by atoms with Gasteiger partial charge in [0, 0.05) is 36.7 Å². The Bertz CT molecular complexity index is 1380. The molecule has 0 spiro atoms. The lowest BCUT2D eigenvalue weighted by molar-refractivity contribution is -0.0498. The number of benzene rings is 1. The normalized spacial score (nSPS) is 20.1. The second kappa shape index (κ2) is 7.79. The van der Waals surface area contributed by atoms with Crippen molar-refractivity contribution in [2.24, 2.45) is 0 Å². The van der Waals surface area contributed by atoms with E-state index in [2.05, 4.69) is 20.1 Å². The van der Waals surface area contributed by atoms with Crippen LogP contribution in [-0.2, 0) is 6.54 Å². The zero-order valence-electron chi connectivity index (χ0n) is 19.0. The maximum absolute atomic E-state index is 14.4. The highest BCUT2D eigenvalue weighted by Crippen LogP contribution is 2.34. The number of halogens is 1. The summed E-state index contributed by atoms with van der Waals surface area (Å²) in [6.07, 6.45) is 8.51. The summed E-state index contributed by atoms with van der Waals surface area (Å²) in [6.45, 7) is 2.18. The molecule has 11 heteroatoms. The van der Waals surface area contributed by atoms with Crippen molar-refractivity contribution in [2.45, 2.75) is 50.2 Å². The predicted octanol–water partition coefficient (Wildman–Crippen LogP) is 2.50. The van der Waals surface area contributed by atoms with Gasteiger partial charge in [0.15, 0.2) is 23.0 Å². The fraction of sp³-hybridized carbons (Fsp3) is 0.478. The first-order chi connectivity index (χ1) is 16.4. The number of methoxy groups -OCH3 is 1. The average molecular weight is 467 g/mol. The molecule has 1 aliphatic carbocycles. The van der Waals surface area contributed by atoms with Gasteiger partial charge in [-0.3, -0.25) is 4.68 Å². The van der Waals surface area contributed by atoms with E-state index in [0.717, 1.165) is 50.9 Å². The maximum atomic E-state index is 14.4. The first kappa shape index (κ1) is 21.1. The van der Waals surface area contributed by atoms with Crippen LogP contribution in [0.15, 0.2) is 24.5 Å². The summed E-state index contributed by atoms with van der Waals surface area (Å²) in [6, 6.07) is 2.89. The second-order valence-corrected chi connectivity index (χ2v) is 9.44. The SMILES string of the molecule is COc1cc2nc(N)n3nc(C4CCCN(c5cnn(CC6(O)CCC6)c5)C4)nc3c2cc1F. The smallest absolute Gasteiger partial charge is 0.223 e. The summed E-state index contributed by atoms with van der Waals surface area (Å²) >= 11 is 0. The highest BCUT2D eigenvalue weighted by molar-refractivity contribution is 5.93. The van der Waals surface area contributed by atoms with Crippen LogP contribution in [0.3, 0.4) is 0 Å². The Hall–Kier alpha value is -3.47. The summed E-state index contributed by atoms with van der Waals surface area (Å²) < 4.78 is 22.8. The summed E-state index contributed by atoms with van der Waals surface area (Å²) in [5.41, 5.74) is 7.56. The molecule has 3 aromatic heterocycles. The quantitative estimate of drug-likeness (QED) is 0.460. The molecule has 1 aliphatic heterocycles. The van der Waals surface area contributed by atoms with Crippen LogP contribution in [0.25, 0.3) is 16.6 Å². The number of hydrogen-bond acceptors (Lipinski definition) is 8. The molecule has 3 N–H and O–H groups in total. The molecule has 1 atom stereocenters. The molecule has 0 bridgehead atoms. The van der Waals surface area contributed by atoms with E-state index in [1.807, 2.05) is 17.1 Å². The Morgan fingerprint density at radius 1 is 1.26 bits per heavy atom. The van der Waals surface area contributed by atoms with Crippen molar-refractivity contribution >= 4 is 28.2 Å². The summed E-state index contributed by atoms with van der Waals surface area (Å²) in [4.78, 5) is 11.4. The number of nitrogens with zero attached hydrogens (tertiary/aromatic N) is 7. The monoisotopic (exact) mass is 466 g/mol. The fourth-order valence-electron chi connectivity index (χ4n) is 5.05. The third kappa shape index (κ3) is 3.51. The Balaban J connectivity index is 1.28. The van der Waals surface area contributed by atoms with Crippen molar-refractivity contribution in [3.63, 3.8) is 0 Å². The van der Waals surface area contributed by atoms with E-state index >= 15 is 0 Å². The Morgan fingerprint density at radius 2 is 2.12 bits per heavy atom. The minimum absolute atomic E-state index is 0.0883. The number of nitrogens with two attached hydrogens (primary N) is 1. The molecule has 2 fully saturated rings. The number of aliphatic hydroxyl groups is 1. The van der Waals surface area contributed by atoms with E-state index in [1.54, 1.807) is 0 Å². The standard InChI is InChI=1S/C23H27FN8O2/c1-34-19-9-18-16(8-17(19)24)21-28-20(29-32(21)22(25)27-18)14-4-2-7-30(11-14)15-10-26-31(12-15)13-23(33)5-3-6-23/h8-10,12,14,33H,2-7,11,13H2,1H3,(H2,25,27). The molecule has 0 amide bonds. The Morgan fingerprint density at radius 3 is 2.88 bits per heavy atom. The van der Waals surface area contributed by atoms with Gasteiger partial charge in [0.1, 0.15) is 0 Å². The molecule has 4 heterocycles. The van der Waals surface area contributed by atoms with Gasteiger partial charge in [-0.05, 0) is 38.2 Å².